The minimum Gasteiger partial charge on any atom is -0.395 e. The van der Waals surface area contributed by atoms with Crippen LogP contribution in [0.5, 0.6) is 0 Å². The van der Waals surface area contributed by atoms with E-state index in [-0.39, 0.29) is 29.1 Å². The minimum absolute atomic E-state index is 0.0248. The van der Waals surface area contributed by atoms with Gasteiger partial charge in [-0.3, -0.25) is 4.79 Å². The van der Waals surface area contributed by atoms with Crippen molar-refractivity contribution in [3.8, 4) is 0 Å². The molecule has 0 aliphatic carbocycles. The summed E-state index contributed by atoms with van der Waals surface area (Å²) in [6.45, 7) is 1.94. The Morgan fingerprint density at radius 2 is 1.54 bits per heavy atom. The zero-order valence-electron chi connectivity index (χ0n) is 19.5. The van der Waals surface area contributed by atoms with Crippen molar-refractivity contribution >= 4 is 29.2 Å². The van der Waals surface area contributed by atoms with E-state index in [1.54, 1.807) is 11.0 Å². The maximum absolute atomic E-state index is 13.2. The van der Waals surface area contributed by atoms with Gasteiger partial charge in [0.1, 0.15) is 0 Å². The van der Waals surface area contributed by atoms with Crippen LogP contribution in [0, 0.1) is 0 Å². The van der Waals surface area contributed by atoms with Crippen LogP contribution in [0.3, 0.4) is 0 Å². The molecule has 0 aromatic heterocycles. The topological polar surface area (TPSA) is 108 Å². The fourth-order valence-corrected chi connectivity index (χ4v) is 4.12. The van der Waals surface area contributed by atoms with Gasteiger partial charge in [-0.25, -0.2) is 4.79 Å². The van der Waals surface area contributed by atoms with E-state index in [2.05, 4.69) is 34.9 Å². The number of halogens is 1. The van der Waals surface area contributed by atoms with Crippen molar-refractivity contribution in [2.24, 2.45) is 5.73 Å². The third-order valence-electron chi connectivity index (χ3n) is 5.71. The Labute approximate surface area is 210 Å². The van der Waals surface area contributed by atoms with Gasteiger partial charge in [-0.2, -0.15) is 0 Å². The van der Waals surface area contributed by atoms with Gasteiger partial charge in [0.25, 0.3) is 0 Å². The van der Waals surface area contributed by atoms with Crippen LogP contribution in [0.15, 0.2) is 78.9 Å². The van der Waals surface area contributed by atoms with Crippen molar-refractivity contribution in [2.45, 2.75) is 12.3 Å². The summed E-state index contributed by atoms with van der Waals surface area (Å²) in [6.07, 6.45) is 0.717. The molecule has 0 heterocycles. The monoisotopic (exact) mass is 494 g/mol. The van der Waals surface area contributed by atoms with E-state index < -0.39 is 5.91 Å². The highest BCUT2D eigenvalue weighted by Crippen LogP contribution is 2.28. The highest BCUT2D eigenvalue weighted by atomic mass is 35.5. The Bertz CT molecular complexity index is 1060. The number of amides is 3. The van der Waals surface area contributed by atoms with E-state index in [1.807, 2.05) is 36.4 Å². The zero-order chi connectivity index (χ0) is 25.0. The molecule has 3 rings (SSSR count). The lowest BCUT2D eigenvalue weighted by Crippen LogP contribution is -2.41. The Morgan fingerprint density at radius 1 is 0.914 bits per heavy atom. The van der Waals surface area contributed by atoms with E-state index in [0.717, 1.165) is 0 Å². The van der Waals surface area contributed by atoms with Crippen molar-refractivity contribution in [2.75, 3.05) is 38.1 Å². The Hall–Kier alpha value is -3.39. The van der Waals surface area contributed by atoms with Crippen LogP contribution >= 0.6 is 11.6 Å². The summed E-state index contributed by atoms with van der Waals surface area (Å²) in [5, 5.41) is 15.3. The third kappa shape index (κ3) is 7.82. The van der Waals surface area contributed by atoms with Crippen molar-refractivity contribution in [1.29, 1.82) is 0 Å². The van der Waals surface area contributed by atoms with Gasteiger partial charge in [0, 0.05) is 37.8 Å². The first-order valence-corrected chi connectivity index (χ1v) is 11.9. The molecule has 3 aromatic rings. The van der Waals surface area contributed by atoms with E-state index in [0.29, 0.717) is 38.3 Å². The third-order valence-corrected chi connectivity index (χ3v) is 6.04. The molecule has 0 unspecified atom stereocenters. The van der Waals surface area contributed by atoms with Gasteiger partial charge in [-0.05, 0) is 35.7 Å². The van der Waals surface area contributed by atoms with Crippen molar-refractivity contribution in [3.63, 3.8) is 0 Å². The number of nitrogens with zero attached hydrogens (tertiary/aromatic N) is 1. The number of hydrogen-bond donors (Lipinski definition) is 4. The molecule has 0 fully saturated rings. The molecular weight excluding hydrogens is 464 g/mol. The number of nitrogens with two attached hydrogens (primary N) is 1. The van der Waals surface area contributed by atoms with Gasteiger partial charge in [-0.1, -0.05) is 72.3 Å². The smallest absolute Gasteiger partial charge is 0.321 e. The molecule has 3 aromatic carbocycles. The summed E-state index contributed by atoms with van der Waals surface area (Å²) in [5.41, 5.74) is 8.33. The molecule has 7 nitrogen and oxygen atoms in total. The molecule has 0 atom stereocenters. The maximum Gasteiger partial charge on any atom is 0.321 e. The number of rotatable bonds is 12. The fraction of sp³-hybridized carbons (Fsp3) is 0.259. The van der Waals surface area contributed by atoms with Gasteiger partial charge in [0.05, 0.1) is 17.2 Å². The molecule has 35 heavy (non-hydrogen) atoms. The van der Waals surface area contributed by atoms with E-state index >= 15 is 0 Å². The number of anilines is 1. The quantitative estimate of drug-likeness (QED) is 0.284. The first-order chi connectivity index (χ1) is 17.0. The van der Waals surface area contributed by atoms with Crippen LogP contribution in [-0.2, 0) is 0 Å². The lowest BCUT2D eigenvalue weighted by Gasteiger charge is -2.26. The molecule has 0 bridgehead atoms. The second-order valence-electron chi connectivity index (χ2n) is 8.11. The lowest BCUT2D eigenvalue weighted by atomic mass is 9.88. The van der Waals surface area contributed by atoms with Crippen LogP contribution in [0.25, 0.3) is 0 Å². The van der Waals surface area contributed by atoms with Gasteiger partial charge < -0.3 is 26.4 Å². The summed E-state index contributed by atoms with van der Waals surface area (Å²) in [4.78, 5) is 26.6. The van der Waals surface area contributed by atoms with Crippen molar-refractivity contribution < 1.29 is 14.7 Å². The van der Waals surface area contributed by atoms with E-state index in [1.165, 1.54) is 23.3 Å². The molecule has 0 radical (unpaired) electrons. The van der Waals surface area contributed by atoms with Crippen LogP contribution in [0.1, 0.15) is 33.8 Å². The van der Waals surface area contributed by atoms with Gasteiger partial charge in [0.15, 0.2) is 0 Å². The van der Waals surface area contributed by atoms with Crippen molar-refractivity contribution in [1.82, 2.24) is 10.2 Å². The van der Waals surface area contributed by atoms with Crippen LogP contribution in [0.2, 0.25) is 5.02 Å². The normalized spacial score (nSPS) is 10.8. The minimum atomic E-state index is -0.662. The number of aliphatic hydroxyl groups excluding tert-OH is 1. The predicted octanol–water partition coefficient (Wildman–Crippen LogP) is 4.08. The van der Waals surface area contributed by atoms with Gasteiger partial charge in [0.2, 0.25) is 5.91 Å². The number of aliphatic hydroxyl groups is 1. The van der Waals surface area contributed by atoms with E-state index in [4.69, 9.17) is 22.4 Å². The average Bonchev–Trinajstić information content (AvgIpc) is 2.87. The summed E-state index contributed by atoms with van der Waals surface area (Å²) in [5.74, 6) is -0.542. The Balaban J connectivity index is 1.77. The number of hydrogen-bond acceptors (Lipinski definition) is 4. The second kappa shape index (κ2) is 13.5. The number of primary amides is 1. The molecule has 0 aliphatic heterocycles. The summed E-state index contributed by atoms with van der Waals surface area (Å²) in [7, 11) is 0. The molecular formula is C27H31ClN4O3. The standard InChI is InChI=1S/C27H31ClN4O3/c28-25-12-11-22(19-24(25)26(29)34)31-27(35)32(17-14-30-15-18-33)16-13-23(20-7-3-1-4-8-20)21-9-5-2-6-10-21/h1-12,19,23,30,33H,13-18H2,(H2,29,34)(H,31,35). The molecule has 0 saturated carbocycles. The highest BCUT2D eigenvalue weighted by Gasteiger charge is 2.19. The zero-order valence-corrected chi connectivity index (χ0v) is 20.2. The van der Waals surface area contributed by atoms with Gasteiger partial charge >= 0.3 is 6.03 Å². The molecule has 3 amide bonds. The predicted molar refractivity (Wildman–Crippen MR) is 140 cm³/mol. The first kappa shape index (κ1) is 26.2. The molecule has 184 valence electrons. The Morgan fingerprint density at radius 3 is 2.11 bits per heavy atom. The van der Waals surface area contributed by atoms with Crippen LogP contribution < -0.4 is 16.4 Å². The van der Waals surface area contributed by atoms with Crippen LogP contribution in [-0.4, -0.2) is 54.7 Å². The molecule has 0 saturated heterocycles. The second-order valence-corrected chi connectivity index (χ2v) is 8.52. The summed E-state index contributed by atoms with van der Waals surface area (Å²) < 4.78 is 0. The first-order valence-electron chi connectivity index (χ1n) is 11.6. The van der Waals surface area contributed by atoms with Gasteiger partial charge in [-0.15, -0.1) is 0 Å². The molecule has 0 aliphatic rings. The maximum atomic E-state index is 13.2. The summed E-state index contributed by atoms with van der Waals surface area (Å²) in [6, 6.07) is 24.8. The molecule has 8 heteroatoms. The fourth-order valence-electron chi connectivity index (χ4n) is 3.91. The largest absolute Gasteiger partial charge is 0.395 e. The SMILES string of the molecule is NC(=O)c1cc(NC(=O)N(CCNCCO)CCC(c2ccccc2)c2ccccc2)ccc1Cl. The Kier molecular flexibility index (Phi) is 10.1. The molecule has 0 spiro atoms. The number of urea groups is 1. The number of nitrogens with one attached hydrogen (secondary N) is 2. The molecule has 5 N–H and O–H groups in total. The summed E-state index contributed by atoms with van der Waals surface area (Å²) >= 11 is 6.04. The lowest BCUT2D eigenvalue weighted by molar-refractivity contribution is 0.100. The van der Waals surface area contributed by atoms with E-state index in [9.17, 15) is 9.59 Å². The van der Waals surface area contributed by atoms with Crippen LogP contribution in [0.4, 0.5) is 10.5 Å². The highest BCUT2D eigenvalue weighted by molar-refractivity contribution is 6.34. The number of benzene rings is 3. The van der Waals surface area contributed by atoms with Crippen molar-refractivity contribution in [3.05, 3.63) is 101 Å². The number of carbonyl (C=O) groups is 2. The number of carbonyl (C=O) groups excluding carboxylic acids is 2. The average molecular weight is 495 g/mol.